The Morgan fingerprint density at radius 3 is 2.50 bits per heavy atom. The number of hydrogen-bond donors (Lipinski definition) is 2. The summed E-state index contributed by atoms with van der Waals surface area (Å²) in [6.07, 6.45) is 4.19. The number of ether oxygens (including phenoxy) is 1. The van der Waals surface area contributed by atoms with Gasteiger partial charge in [-0.05, 0) is 37.5 Å². The molecule has 5 nitrogen and oxygen atoms in total. The van der Waals surface area contributed by atoms with E-state index in [4.69, 9.17) is 9.84 Å². The molecule has 2 atom stereocenters. The van der Waals surface area contributed by atoms with Crippen LogP contribution in [0.4, 0.5) is 0 Å². The van der Waals surface area contributed by atoms with Crippen LogP contribution in [0.3, 0.4) is 0 Å². The van der Waals surface area contributed by atoms with Crippen molar-refractivity contribution >= 4 is 11.9 Å². The first-order chi connectivity index (χ1) is 8.56. The molecule has 1 aliphatic heterocycles. The third-order valence-corrected chi connectivity index (χ3v) is 3.96. The van der Waals surface area contributed by atoms with Gasteiger partial charge in [0.25, 0.3) is 0 Å². The van der Waals surface area contributed by atoms with Crippen molar-refractivity contribution in [1.82, 2.24) is 5.32 Å². The number of carbonyl (C=O) groups is 2. The summed E-state index contributed by atoms with van der Waals surface area (Å²) in [7, 11) is 0. The number of amides is 1. The molecule has 18 heavy (non-hydrogen) atoms. The molecule has 0 aromatic heterocycles. The number of carboxylic acids is 1. The highest BCUT2D eigenvalue weighted by atomic mass is 16.5. The summed E-state index contributed by atoms with van der Waals surface area (Å²) in [6.45, 7) is 2.86. The number of carboxylic acid groups (broad SMARTS) is 1. The number of aliphatic carboxylic acids is 1. The molecule has 1 saturated heterocycles. The second kappa shape index (κ2) is 5.26. The second-order valence-corrected chi connectivity index (χ2v) is 5.50. The van der Waals surface area contributed by atoms with Crippen molar-refractivity contribution in [2.45, 2.75) is 57.7 Å². The molecule has 2 aliphatic rings. The van der Waals surface area contributed by atoms with Crippen molar-refractivity contribution in [2.75, 3.05) is 6.54 Å². The van der Waals surface area contributed by atoms with E-state index in [-0.39, 0.29) is 5.91 Å². The maximum absolute atomic E-state index is 11.9. The van der Waals surface area contributed by atoms with E-state index in [0.29, 0.717) is 24.8 Å². The fourth-order valence-corrected chi connectivity index (χ4v) is 2.62. The van der Waals surface area contributed by atoms with Crippen molar-refractivity contribution < 1.29 is 19.4 Å². The Morgan fingerprint density at radius 2 is 2.00 bits per heavy atom. The molecule has 5 heteroatoms. The number of carbonyl (C=O) groups excluding carboxylic acids is 1. The molecule has 1 aliphatic carbocycles. The molecule has 2 N–H and O–H groups in total. The van der Waals surface area contributed by atoms with Crippen LogP contribution in [0.15, 0.2) is 0 Å². The van der Waals surface area contributed by atoms with E-state index in [1.54, 1.807) is 0 Å². The van der Waals surface area contributed by atoms with Gasteiger partial charge >= 0.3 is 5.97 Å². The minimum absolute atomic E-state index is 0.152. The van der Waals surface area contributed by atoms with Gasteiger partial charge in [0, 0.05) is 6.54 Å². The summed E-state index contributed by atoms with van der Waals surface area (Å²) >= 11 is 0. The highest BCUT2D eigenvalue weighted by Crippen LogP contribution is 2.48. The molecular formula is C13H21NO4. The van der Waals surface area contributed by atoms with Crippen LogP contribution in [0.2, 0.25) is 0 Å². The van der Waals surface area contributed by atoms with E-state index in [2.05, 4.69) is 12.2 Å². The summed E-state index contributed by atoms with van der Waals surface area (Å²) in [5.74, 6) is -1.13. The summed E-state index contributed by atoms with van der Waals surface area (Å²) in [6, 6.07) is 0. The maximum atomic E-state index is 11.9. The van der Waals surface area contributed by atoms with Crippen LogP contribution in [-0.2, 0) is 14.3 Å². The van der Waals surface area contributed by atoms with E-state index < -0.39 is 18.2 Å². The Kier molecular flexibility index (Phi) is 3.90. The monoisotopic (exact) mass is 255 g/mol. The molecule has 0 bridgehead atoms. The Labute approximate surface area is 107 Å². The average Bonchev–Trinajstić information content (AvgIpc) is 2.92. The molecule has 0 aromatic carbocycles. The van der Waals surface area contributed by atoms with Crippen LogP contribution in [-0.4, -0.2) is 35.7 Å². The molecule has 2 unspecified atom stereocenters. The SMILES string of the molecule is CCCC1(CNC(=O)C2CCC(C(=O)O)O2)CC1. The molecular weight excluding hydrogens is 234 g/mol. The van der Waals surface area contributed by atoms with Gasteiger partial charge < -0.3 is 15.2 Å². The van der Waals surface area contributed by atoms with Gasteiger partial charge in [-0.1, -0.05) is 13.3 Å². The quantitative estimate of drug-likeness (QED) is 0.750. The number of rotatable bonds is 6. The van der Waals surface area contributed by atoms with Gasteiger partial charge in [0.1, 0.15) is 6.10 Å². The Morgan fingerprint density at radius 1 is 1.33 bits per heavy atom. The summed E-state index contributed by atoms with van der Waals surface area (Å²) < 4.78 is 5.22. The molecule has 2 fully saturated rings. The van der Waals surface area contributed by atoms with Gasteiger partial charge in [0.05, 0.1) is 0 Å². The van der Waals surface area contributed by atoms with E-state index in [0.717, 1.165) is 12.8 Å². The first kappa shape index (κ1) is 13.3. The predicted octanol–water partition coefficient (Wildman–Crippen LogP) is 1.32. The smallest absolute Gasteiger partial charge is 0.332 e. The van der Waals surface area contributed by atoms with Crippen LogP contribution in [0, 0.1) is 5.41 Å². The lowest BCUT2D eigenvalue weighted by molar-refractivity contribution is -0.151. The van der Waals surface area contributed by atoms with Crippen molar-refractivity contribution in [1.29, 1.82) is 0 Å². The molecule has 1 heterocycles. The van der Waals surface area contributed by atoms with Gasteiger partial charge in [-0.3, -0.25) is 4.79 Å². The Bertz CT molecular complexity index is 338. The van der Waals surface area contributed by atoms with Gasteiger partial charge in [0.2, 0.25) is 5.91 Å². The van der Waals surface area contributed by atoms with E-state index >= 15 is 0 Å². The normalized spacial score (nSPS) is 28.9. The number of hydrogen-bond acceptors (Lipinski definition) is 3. The maximum Gasteiger partial charge on any atom is 0.332 e. The average molecular weight is 255 g/mol. The molecule has 0 spiro atoms. The van der Waals surface area contributed by atoms with Crippen molar-refractivity contribution in [2.24, 2.45) is 5.41 Å². The van der Waals surface area contributed by atoms with Gasteiger partial charge in [0.15, 0.2) is 6.10 Å². The van der Waals surface area contributed by atoms with Crippen LogP contribution in [0.5, 0.6) is 0 Å². The van der Waals surface area contributed by atoms with E-state index in [1.165, 1.54) is 12.8 Å². The molecule has 1 amide bonds. The minimum atomic E-state index is -0.977. The summed E-state index contributed by atoms with van der Waals surface area (Å²) in [5, 5.41) is 11.7. The molecule has 1 saturated carbocycles. The predicted molar refractivity (Wildman–Crippen MR) is 65.1 cm³/mol. The lowest BCUT2D eigenvalue weighted by Gasteiger charge is -2.17. The summed E-state index contributed by atoms with van der Waals surface area (Å²) in [4.78, 5) is 22.6. The Hall–Kier alpha value is -1.10. The zero-order valence-corrected chi connectivity index (χ0v) is 10.8. The highest BCUT2D eigenvalue weighted by molar-refractivity contribution is 5.82. The highest BCUT2D eigenvalue weighted by Gasteiger charge is 2.42. The topological polar surface area (TPSA) is 75.6 Å². The van der Waals surface area contributed by atoms with Gasteiger partial charge in [-0.25, -0.2) is 4.79 Å². The zero-order chi connectivity index (χ0) is 13.2. The van der Waals surface area contributed by atoms with Gasteiger partial charge in [-0.15, -0.1) is 0 Å². The first-order valence-electron chi connectivity index (χ1n) is 6.72. The first-order valence-corrected chi connectivity index (χ1v) is 6.72. The van der Waals surface area contributed by atoms with Crippen LogP contribution < -0.4 is 5.32 Å². The lowest BCUT2D eigenvalue weighted by atomic mass is 10.0. The Balaban J connectivity index is 1.74. The third kappa shape index (κ3) is 3.02. The van der Waals surface area contributed by atoms with Crippen molar-refractivity contribution in [3.63, 3.8) is 0 Å². The molecule has 102 valence electrons. The van der Waals surface area contributed by atoms with Crippen LogP contribution in [0.25, 0.3) is 0 Å². The van der Waals surface area contributed by atoms with Crippen LogP contribution >= 0.6 is 0 Å². The third-order valence-electron chi connectivity index (χ3n) is 3.96. The van der Waals surface area contributed by atoms with E-state index in [9.17, 15) is 9.59 Å². The fraction of sp³-hybridized carbons (Fsp3) is 0.846. The van der Waals surface area contributed by atoms with E-state index in [1.807, 2.05) is 0 Å². The number of nitrogens with one attached hydrogen (secondary N) is 1. The molecule has 0 radical (unpaired) electrons. The van der Waals surface area contributed by atoms with Gasteiger partial charge in [-0.2, -0.15) is 0 Å². The standard InChI is InChI=1S/C13H21NO4/c1-2-5-13(6-7-13)8-14-11(15)9-3-4-10(18-9)12(16)17/h9-10H,2-8H2,1H3,(H,14,15)(H,16,17). The zero-order valence-electron chi connectivity index (χ0n) is 10.8. The molecule has 2 rings (SSSR count). The van der Waals surface area contributed by atoms with Crippen LogP contribution in [0.1, 0.15) is 45.4 Å². The summed E-state index contributed by atoms with van der Waals surface area (Å²) in [5.41, 5.74) is 0.315. The molecule has 0 aromatic rings. The second-order valence-electron chi connectivity index (χ2n) is 5.50. The largest absolute Gasteiger partial charge is 0.479 e. The van der Waals surface area contributed by atoms with Crippen molar-refractivity contribution in [3.8, 4) is 0 Å². The lowest BCUT2D eigenvalue weighted by Crippen LogP contribution is -2.38. The van der Waals surface area contributed by atoms with Crippen molar-refractivity contribution in [3.05, 3.63) is 0 Å². The minimum Gasteiger partial charge on any atom is -0.479 e. The fourth-order valence-electron chi connectivity index (χ4n) is 2.62.